The third-order valence-electron chi connectivity index (χ3n) is 5.87. The highest BCUT2D eigenvalue weighted by atomic mass is 32.2. The molecule has 0 aliphatic rings. The van der Waals surface area contributed by atoms with E-state index in [0.717, 1.165) is 16.1 Å². The normalized spacial score (nSPS) is 12.0. The van der Waals surface area contributed by atoms with Gasteiger partial charge in [0.25, 0.3) is 0 Å². The summed E-state index contributed by atoms with van der Waals surface area (Å²) >= 11 is 1.76. The molecule has 0 bridgehead atoms. The van der Waals surface area contributed by atoms with E-state index in [9.17, 15) is 9.90 Å². The highest BCUT2D eigenvalue weighted by Gasteiger charge is 2.31. The highest BCUT2D eigenvalue weighted by Crippen LogP contribution is 2.43. The monoisotopic (exact) mass is 435 g/mol. The van der Waals surface area contributed by atoms with Crippen LogP contribution in [0.5, 0.6) is 0 Å². The molecule has 0 amide bonds. The van der Waals surface area contributed by atoms with Gasteiger partial charge in [-0.2, -0.15) is 0 Å². The number of aromatic nitrogens is 1. The molecular formula is C27H33NO2S. The van der Waals surface area contributed by atoms with Crippen LogP contribution in [0.3, 0.4) is 0 Å². The van der Waals surface area contributed by atoms with Crippen LogP contribution >= 0.6 is 11.8 Å². The van der Waals surface area contributed by atoms with Crippen LogP contribution in [-0.2, 0) is 17.8 Å². The Hall–Kier alpha value is -2.46. The molecule has 3 rings (SSSR count). The molecule has 0 radical (unpaired) electrons. The van der Waals surface area contributed by atoms with Crippen molar-refractivity contribution in [1.29, 1.82) is 0 Å². The standard InChI is InChI=1S/C27H33NO2S/c1-8-13-28-22-12-11-20(17(2)3)15-21(22)25(23(28)16-27(6,7)26(29)30)31-24-14-18(4)9-10-19(24)5/h8-12,14-15,17H,1,13,16H2,2-7H3,(H,29,30). The minimum Gasteiger partial charge on any atom is -0.481 e. The molecule has 0 unspecified atom stereocenters. The van der Waals surface area contributed by atoms with Gasteiger partial charge < -0.3 is 9.67 Å². The Morgan fingerprint density at radius 1 is 1.19 bits per heavy atom. The summed E-state index contributed by atoms with van der Waals surface area (Å²) in [5.74, 6) is -0.363. The van der Waals surface area contributed by atoms with Crippen molar-refractivity contribution in [1.82, 2.24) is 4.57 Å². The summed E-state index contributed by atoms with van der Waals surface area (Å²) in [7, 11) is 0. The van der Waals surface area contributed by atoms with E-state index in [1.165, 1.54) is 27.0 Å². The first-order valence-corrected chi connectivity index (χ1v) is 11.6. The summed E-state index contributed by atoms with van der Waals surface area (Å²) in [6.07, 6.45) is 2.34. The number of hydrogen-bond donors (Lipinski definition) is 1. The zero-order chi connectivity index (χ0) is 22.9. The molecule has 2 aromatic carbocycles. The number of hydrogen-bond acceptors (Lipinski definition) is 2. The van der Waals surface area contributed by atoms with Crippen molar-refractivity contribution in [3.05, 3.63) is 71.4 Å². The summed E-state index contributed by atoms with van der Waals surface area (Å²) in [6, 6.07) is 13.1. The van der Waals surface area contributed by atoms with Gasteiger partial charge in [0.2, 0.25) is 0 Å². The molecule has 0 aliphatic carbocycles. The SMILES string of the molecule is C=CCn1c(CC(C)(C)C(=O)O)c(Sc2cc(C)ccc2C)c2cc(C(C)C)ccc21. The van der Waals surface area contributed by atoms with Crippen molar-refractivity contribution in [3.63, 3.8) is 0 Å². The van der Waals surface area contributed by atoms with Gasteiger partial charge in [0, 0.05) is 39.4 Å². The van der Waals surface area contributed by atoms with E-state index in [1.807, 2.05) is 6.08 Å². The lowest BCUT2D eigenvalue weighted by molar-refractivity contribution is -0.146. The van der Waals surface area contributed by atoms with Crippen molar-refractivity contribution < 1.29 is 9.90 Å². The van der Waals surface area contributed by atoms with E-state index in [-0.39, 0.29) is 0 Å². The molecule has 164 valence electrons. The third kappa shape index (κ3) is 4.74. The zero-order valence-electron chi connectivity index (χ0n) is 19.5. The van der Waals surface area contributed by atoms with E-state index in [2.05, 4.69) is 75.2 Å². The lowest BCUT2D eigenvalue weighted by Crippen LogP contribution is -2.27. The summed E-state index contributed by atoms with van der Waals surface area (Å²) in [5.41, 5.74) is 5.06. The molecule has 0 saturated heterocycles. The second kappa shape index (κ2) is 8.96. The van der Waals surface area contributed by atoms with Gasteiger partial charge in [0.1, 0.15) is 0 Å². The molecular weight excluding hydrogens is 402 g/mol. The number of carboxylic acids is 1. The van der Waals surface area contributed by atoms with E-state index in [0.29, 0.717) is 18.9 Å². The fraction of sp³-hybridized carbons (Fsp3) is 0.370. The summed E-state index contributed by atoms with van der Waals surface area (Å²) in [6.45, 7) is 16.9. The highest BCUT2D eigenvalue weighted by molar-refractivity contribution is 7.99. The van der Waals surface area contributed by atoms with Crippen LogP contribution in [-0.4, -0.2) is 15.6 Å². The number of aliphatic carboxylic acids is 1. The van der Waals surface area contributed by atoms with Crippen molar-refractivity contribution in [2.24, 2.45) is 5.41 Å². The molecule has 31 heavy (non-hydrogen) atoms. The van der Waals surface area contributed by atoms with Crippen LogP contribution in [0.15, 0.2) is 58.8 Å². The Morgan fingerprint density at radius 2 is 1.90 bits per heavy atom. The molecule has 1 N–H and O–H groups in total. The number of benzene rings is 2. The van der Waals surface area contributed by atoms with Crippen molar-refractivity contribution in [2.75, 3.05) is 0 Å². The summed E-state index contributed by atoms with van der Waals surface area (Å²) in [4.78, 5) is 14.4. The van der Waals surface area contributed by atoms with Gasteiger partial charge >= 0.3 is 5.97 Å². The van der Waals surface area contributed by atoms with Gasteiger partial charge in [0.05, 0.1) is 5.41 Å². The fourth-order valence-electron chi connectivity index (χ4n) is 3.80. The molecule has 0 spiro atoms. The Bertz CT molecular complexity index is 1140. The Morgan fingerprint density at radius 3 is 2.52 bits per heavy atom. The molecule has 3 aromatic rings. The minimum absolute atomic E-state index is 0.421. The van der Waals surface area contributed by atoms with Gasteiger partial charge in [-0.3, -0.25) is 4.79 Å². The maximum Gasteiger partial charge on any atom is 0.309 e. The number of rotatable bonds is 8. The molecule has 0 saturated carbocycles. The number of carbonyl (C=O) groups is 1. The third-order valence-corrected chi connectivity index (χ3v) is 7.19. The number of carboxylic acid groups (broad SMARTS) is 1. The average molecular weight is 436 g/mol. The summed E-state index contributed by atoms with van der Waals surface area (Å²) < 4.78 is 2.24. The number of nitrogens with zero attached hydrogens (tertiary/aromatic N) is 1. The van der Waals surface area contributed by atoms with Gasteiger partial charge in [-0.05, 0) is 68.5 Å². The van der Waals surface area contributed by atoms with Gasteiger partial charge in [-0.15, -0.1) is 6.58 Å². The van der Waals surface area contributed by atoms with E-state index < -0.39 is 11.4 Å². The maximum absolute atomic E-state index is 12.0. The summed E-state index contributed by atoms with van der Waals surface area (Å²) in [5, 5.41) is 11.0. The molecule has 0 fully saturated rings. The van der Waals surface area contributed by atoms with Crippen LogP contribution in [0.25, 0.3) is 10.9 Å². The average Bonchev–Trinajstić information content (AvgIpc) is 2.96. The van der Waals surface area contributed by atoms with Gasteiger partial charge in [0.15, 0.2) is 0 Å². The predicted molar refractivity (Wildman–Crippen MR) is 131 cm³/mol. The molecule has 0 aliphatic heterocycles. The number of allylic oxidation sites excluding steroid dienone is 1. The maximum atomic E-state index is 12.0. The van der Waals surface area contributed by atoms with Crippen LogP contribution in [0.1, 0.15) is 56.0 Å². The van der Waals surface area contributed by atoms with E-state index >= 15 is 0 Å². The van der Waals surface area contributed by atoms with Crippen molar-refractivity contribution in [2.45, 2.75) is 70.2 Å². The topological polar surface area (TPSA) is 42.2 Å². The van der Waals surface area contributed by atoms with Gasteiger partial charge in [-0.25, -0.2) is 0 Å². The van der Waals surface area contributed by atoms with Crippen molar-refractivity contribution >= 4 is 28.6 Å². The molecule has 1 aromatic heterocycles. The molecule has 0 atom stereocenters. The lowest BCUT2D eigenvalue weighted by atomic mass is 9.88. The molecule has 4 heteroatoms. The largest absolute Gasteiger partial charge is 0.481 e. The second-order valence-corrected chi connectivity index (χ2v) is 10.4. The van der Waals surface area contributed by atoms with Gasteiger partial charge in [-0.1, -0.05) is 49.9 Å². The quantitative estimate of drug-likeness (QED) is 0.376. The van der Waals surface area contributed by atoms with Crippen LogP contribution in [0, 0.1) is 19.3 Å². The van der Waals surface area contributed by atoms with Crippen LogP contribution in [0.4, 0.5) is 0 Å². The number of fused-ring (bicyclic) bond motifs is 1. The minimum atomic E-state index is -0.870. The Kier molecular flexibility index (Phi) is 6.70. The first kappa shape index (κ1) is 23.2. The zero-order valence-corrected chi connectivity index (χ0v) is 20.3. The van der Waals surface area contributed by atoms with Crippen molar-refractivity contribution in [3.8, 4) is 0 Å². The fourth-order valence-corrected chi connectivity index (χ4v) is 5.07. The lowest BCUT2D eigenvalue weighted by Gasteiger charge is -2.21. The van der Waals surface area contributed by atoms with Crippen LogP contribution < -0.4 is 0 Å². The van der Waals surface area contributed by atoms with E-state index in [1.54, 1.807) is 25.6 Å². The molecule has 1 heterocycles. The second-order valence-electron chi connectivity index (χ2n) is 9.34. The first-order chi connectivity index (χ1) is 14.5. The first-order valence-electron chi connectivity index (χ1n) is 10.8. The Labute approximate surface area is 190 Å². The van der Waals surface area contributed by atoms with E-state index in [4.69, 9.17) is 0 Å². The molecule has 3 nitrogen and oxygen atoms in total. The van der Waals surface area contributed by atoms with Crippen LogP contribution in [0.2, 0.25) is 0 Å². The smallest absolute Gasteiger partial charge is 0.309 e. The Balaban J connectivity index is 2.31. The number of aryl methyl sites for hydroxylation is 2. The predicted octanol–water partition coefficient (Wildman–Crippen LogP) is 7.37.